The van der Waals surface area contributed by atoms with Gasteiger partial charge in [0.1, 0.15) is 23.8 Å². The van der Waals surface area contributed by atoms with Crippen LogP contribution in [0.5, 0.6) is 0 Å². The summed E-state index contributed by atoms with van der Waals surface area (Å²) in [4.78, 5) is 21.9. The number of nitro groups is 1. The fourth-order valence-electron chi connectivity index (χ4n) is 1.92. The summed E-state index contributed by atoms with van der Waals surface area (Å²) in [5, 5.41) is 21.6. The molecular weight excluding hydrogens is 264 g/mol. The first-order valence-electron chi connectivity index (χ1n) is 5.88. The van der Waals surface area contributed by atoms with Gasteiger partial charge in [-0.3, -0.25) is 19.6 Å². The molecule has 2 aromatic rings. The quantitative estimate of drug-likeness (QED) is 0.646. The first-order valence-corrected chi connectivity index (χ1v) is 5.88. The average Bonchev–Trinajstić information content (AvgIpc) is 2.95. The number of nitrogens with zero attached hydrogens (tertiary/aromatic N) is 5. The molecule has 1 N–H and O–H groups in total. The number of rotatable bonds is 4. The van der Waals surface area contributed by atoms with E-state index in [-0.39, 0.29) is 24.0 Å². The first-order chi connectivity index (χ1) is 9.43. The molecule has 1 amide bonds. The standard InChI is InChI=1S/C11H14N6O3/c1-7-10(17(19)20)8(2)16(13-7)6-15-5-4-9(14-15)11(18)12-3/h4-5H,6H2,1-3H3,(H,12,18). The zero-order chi connectivity index (χ0) is 14.9. The van der Waals surface area contributed by atoms with Gasteiger partial charge in [-0.1, -0.05) is 0 Å². The summed E-state index contributed by atoms with van der Waals surface area (Å²) in [5.74, 6) is -0.289. The van der Waals surface area contributed by atoms with Gasteiger partial charge in [0.05, 0.1) is 4.92 Å². The van der Waals surface area contributed by atoms with Crippen molar-refractivity contribution in [3.8, 4) is 0 Å². The average molecular weight is 278 g/mol. The number of aromatic nitrogens is 4. The van der Waals surface area contributed by atoms with Crippen molar-refractivity contribution in [2.45, 2.75) is 20.5 Å². The molecular formula is C11H14N6O3. The lowest BCUT2D eigenvalue weighted by molar-refractivity contribution is -0.386. The summed E-state index contributed by atoms with van der Waals surface area (Å²) in [6.45, 7) is 3.42. The topological polar surface area (TPSA) is 108 Å². The van der Waals surface area contributed by atoms with Crippen LogP contribution in [0.4, 0.5) is 5.69 Å². The van der Waals surface area contributed by atoms with E-state index in [0.29, 0.717) is 11.4 Å². The van der Waals surface area contributed by atoms with E-state index in [0.717, 1.165) is 0 Å². The number of nitrogens with one attached hydrogen (secondary N) is 1. The summed E-state index contributed by atoms with van der Waals surface area (Å²) >= 11 is 0. The maximum atomic E-state index is 11.4. The minimum atomic E-state index is -0.451. The normalized spacial score (nSPS) is 10.6. The van der Waals surface area contributed by atoms with Crippen molar-refractivity contribution in [3.05, 3.63) is 39.5 Å². The Morgan fingerprint density at radius 3 is 2.70 bits per heavy atom. The monoisotopic (exact) mass is 278 g/mol. The summed E-state index contributed by atoms with van der Waals surface area (Å²) in [6.07, 6.45) is 1.62. The zero-order valence-corrected chi connectivity index (χ0v) is 11.3. The Kier molecular flexibility index (Phi) is 3.51. The zero-order valence-electron chi connectivity index (χ0n) is 11.3. The molecule has 0 saturated carbocycles. The highest BCUT2D eigenvalue weighted by Crippen LogP contribution is 2.21. The molecule has 2 aromatic heterocycles. The van der Waals surface area contributed by atoms with Crippen molar-refractivity contribution in [1.29, 1.82) is 0 Å². The Bertz CT molecular complexity index is 672. The van der Waals surface area contributed by atoms with Gasteiger partial charge in [-0.25, -0.2) is 4.68 Å². The second-order valence-electron chi connectivity index (χ2n) is 4.24. The lowest BCUT2D eigenvalue weighted by atomic mass is 10.3. The van der Waals surface area contributed by atoms with Crippen LogP contribution in [0.3, 0.4) is 0 Å². The van der Waals surface area contributed by atoms with Gasteiger partial charge in [0.15, 0.2) is 0 Å². The maximum absolute atomic E-state index is 11.4. The summed E-state index contributed by atoms with van der Waals surface area (Å²) in [6, 6.07) is 1.57. The lowest BCUT2D eigenvalue weighted by Crippen LogP contribution is -2.19. The van der Waals surface area contributed by atoms with E-state index in [9.17, 15) is 14.9 Å². The van der Waals surface area contributed by atoms with E-state index >= 15 is 0 Å². The molecule has 2 heterocycles. The van der Waals surface area contributed by atoms with Gasteiger partial charge in [0.25, 0.3) is 5.91 Å². The van der Waals surface area contributed by atoms with Gasteiger partial charge >= 0.3 is 5.69 Å². The summed E-state index contributed by atoms with van der Waals surface area (Å²) < 4.78 is 2.97. The van der Waals surface area contributed by atoms with Gasteiger partial charge in [-0.15, -0.1) is 0 Å². The molecule has 0 aliphatic carbocycles. The highest BCUT2D eigenvalue weighted by Gasteiger charge is 2.21. The predicted molar refractivity (Wildman–Crippen MR) is 69.4 cm³/mol. The number of hydrogen-bond donors (Lipinski definition) is 1. The lowest BCUT2D eigenvalue weighted by Gasteiger charge is -2.03. The fraction of sp³-hybridized carbons (Fsp3) is 0.364. The van der Waals surface area contributed by atoms with E-state index < -0.39 is 4.92 Å². The third-order valence-corrected chi connectivity index (χ3v) is 2.91. The van der Waals surface area contributed by atoms with E-state index in [1.807, 2.05) is 0 Å². The fourth-order valence-corrected chi connectivity index (χ4v) is 1.92. The number of carbonyl (C=O) groups is 1. The van der Waals surface area contributed by atoms with E-state index in [2.05, 4.69) is 15.5 Å². The highest BCUT2D eigenvalue weighted by molar-refractivity contribution is 5.91. The Morgan fingerprint density at radius 1 is 1.45 bits per heavy atom. The molecule has 106 valence electrons. The summed E-state index contributed by atoms with van der Waals surface area (Å²) in [5.41, 5.74) is 1.09. The van der Waals surface area contributed by atoms with Gasteiger partial charge in [-0.05, 0) is 19.9 Å². The van der Waals surface area contributed by atoms with Crippen molar-refractivity contribution < 1.29 is 9.72 Å². The molecule has 0 spiro atoms. The van der Waals surface area contributed by atoms with Gasteiger partial charge < -0.3 is 5.32 Å². The Morgan fingerprint density at radius 2 is 2.15 bits per heavy atom. The van der Waals surface area contributed by atoms with Gasteiger partial charge in [0, 0.05) is 13.2 Å². The third-order valence-electron chi connectivity index (χ3n) is 2.91. The number of amides is 1. The maximum Gasteiger partial charge on any atom is 0.312 e. The van der Waals surface area contributed by atoms with Crippen molar-refractivity contribution in [2.75, 3.05) is 7.05 Å². The van der Waals surface area contributed by atoms with Crippen LogP contribution in [0, 0.1) is 24.0 Å². The molecule has 20 heavy (non-hydrogen) atoms. The third kappa shape index (κ3) is 2.37. The molecule has 0 saturated heterocycles. The van der Waals surface area contributed by atoms with Crippen LogP contribution < -0.4 is 5.32 Å². The number of aryl methyl sites for hydroxylation is 1. The molecule has 2 rings (SSSR count). The molecule has 0 radical (unpaired) electrons. The molecule has 0 bridgehead atoms. The van der Waals surface area contributed by atoms with E-state index in [4.69, 9.17) is 0 Å². The molecule has 0 aliphatic rings. The second-order valence-corrected chi connectivity index (χ2v) is 4.24. The van der Waals surface area contributed by atoms with Crippen molar-refractivity contribution >= 4 is 11.6 Å². The van der Waals surface area contributed by atoms with Crippen molar-refractivity contribution in [1.82, 2.24) is 24.9 Å². The molecule has 0 aliphatic heterocycles. The molecule has 0 atom stereocenters. The van der Waals surface area contributed by atoms with Crippen LogP contribution in [0.15, 0.2) is 12.3 Å². The second kappa shape index (κ2) is 5.11. The van der Waals surface area contributed by atoms with Crippen molar-refractivity contribution in [3.63, 3.8) is 0 Å². The van der Waals surface area contributed by atoms with Crippen LogP contribution in [0.1, 0.15) is 21.9 Å². The van der Waals surface area contributed by atoms with E-state index in [1.165, 1.54) is 16.4 Å². The van der Waals surface area contributed by atoms with Crippen LogP contribution in [-0.4, -0.2) is 37.4 Å². The summed E-state index contributed by atoms with van der Waals surface area (Å²) in [7, 11) is 1.52. The SMILES string of the molecule is CNC(=O)c1ccn(Cn2nc(C)c([N+](=O)[O-])c2C)n1. The van der Waals surface area contributed by atoms with Gasteiger partial charge in [-0.2, -0.15) is 10.2 Å². The van der Waals surface area contributed by atoms with Gasteiger partial charge in [0.2, 0.25) is 0 Å². The smallest absolute Gasteiger partial charge is 0.312 e. The Balaban J connectivity index is 2.27. The molecule has 0 aromatic carbocycles. The minimum Gasteiger partial charge on any atom is -0.354 e. The first kappa shape index (κ1) is 13.7. The van der Waals surface area contributed by atoms with Crippen LogP contribution in [0.25, 0.3) is 0 Å². The van der Waals surface area contributed by atoms with Crippen LogP contribution in [-0.2, 0) is 6.67 Å². The minimum absolute atomic E-state index is 0.00341. The Hall–Kier alpha value is -2.71. The van der Waals surface area contributed by atoms with E-state index in [1.54, 1.807) is 26.1 Å². The molecule has 0 fully saturated rings. The molecule has 9 heteroatoms. The predicted octanol–water partition coefficient (Wildman–Crippen LogP) is 0.470. The largest absolute Gasteiger partial charge is 0.354 e. The highest BCUT2D eigenvalue weighted by atomic mass is 16.6. The molecule has 9 nitrogen and oxygen atoms in total. The number of hydrogen-bond acceptors (Lipinski definition) is 5. The molecule has 0 unspecified atom stereocenters. The van der Waals surface area contributed by atoms with Crippen LogP contribution >= 0.6 is 0 Å². The van der Waals surface area contributed by atoms with Crippen molar-refractivity contribution in [2.24, 2.45) is 0 Å². The Labute approximate surface area is 114 Å². The van der Waals surface area contributed by atoms with Crippen LogP contribution in [0.2, 0.25) is 0 Å². The number of carbonyl (C=O) groups excluding carboxylic acids is 1.